The van der Waals surface area contributed by atoms with Crippen LogP contribution in [0.15, 0.2) is 54.6 Å². The molecule has 2 nitrogen and oxygen atoms in total. The van der Waals surface area contributed by atoms with Crippen LogP contribution in [0.3, 0.4) is 0 Å². The van der Waals surface area contributed by atoms with Gasteiger partial charge < -0.3 is 4.90 Å². The van der Waals surface area contributed by atoms with Gasteiger partial charge in [-0.1, -0.05) is 74.8 Å². The van der Waals surface area contributed by atoms with Gasteiger partial charge in [0.05, 0.1) is 11.5 Å². The zero-order valence-electron chi connectivity index (χ0n) is 17.7. The van der Waals surface area contributed by atoms with E-state index in [4.69, 9.17) is 11.6 Å². The van der Waals surface area contributed by atoms with Crippen LogP contribution < -0.4 is 0 Å². The van der Waals surface area contributed by atoms with Gasteiger partial charge in [0.1, 0.15) is 0 Å². The third kappa shape index (κ3) is 5.60. The first-order valence-electron chi connectivity index (χ1n) is 10.3. The normalized spacial score (nSPS) is 14.6. The molecule has 0 aromatic heterocycles. The summed E-state index contributed by atoms with van der Waals surface area (Å²) in [6.07, 6.45) is 4.01. The second-order valence-corrected chi connectivity index (χ2v) is 8.50. The highest BCUT2D eigenvalue weighted by molar-refractivity contribution is 6.30. The molecule has 2 unspecified atom stereocenters. The highest BCUT2D eigenvalue weighted by Gasteiger charge is 2.36. The molecule has 0 radical (unpaired) electrons. The molecular weight excluding hydrogens is 364 g/mol. The van der Waals surface area contributed by atoms with Crippen molar-refractivity contribution in [1.82, 2.24) is 4.90 Å². The van der Waals surface area contributed by atoms with Crippen molar-refractivity contribution in [3.8, 4) is 6.07 Å². The van der Waals surface area contributed by atoms with Crippen LogP contribution in [0, 0.1) is 17.2 Å². The largest absolute Gasteiger partial charge is 0.303 e. The van der Waals surface area contributed by atoms with Gasteiger partial charge in [-0.3, -0.25) is 0 Å². The summed E-state index contributed by atoms with van der Waals surface area (Å²) in [7, 11) is 2.21. The molecule has 0 bridgehead atoms. The van der Waals surface area contributed by atoms with Crippen molar-refractivity contribution in [2.75, 3.05) is 13.6 Å². The van der Waals surface area contributed by atoms with E-state index >= 15 is 0 Å². The van der Waals surface area contributed by atoms with Crippen molar-refractivity contribution >= 4 is 11.6 Å². The monoisotopic (exact) mass is 396 g/mol. The van der Waals surface area contributed by atoms with E-state index in [0.717, 1.165) is 37.8 Å². The molecule has 2 aromatic rings. The van der Waals surface area contributed by atoms with Crippen LogP contribution in [-0.4, -0.2) is 24.5 Å². The van der Waals surface area contributed by atoms with E-state index in [1.807, 2.05) is 24.3 Å². The van der Waals surface area contributed by atoms with Gasteiger partial charge in [-0.05, 0) is 61.9 Å². The molecule has 0 heterocycles. The van der Waals surface area contributed by atoms with Crippen LogP contribution in [0.4, 0.5) is 0 Å². The molecule has 2 atom stereocenters. The summed E-state index contributed by atoms with van der Waals surface area (Å²) >= 11 is 6.07. The molecule has 0 aliphatic carbocycles. The second kappa shape index (κ2) is 10.6. The highest BCUT2D eigenvalue weighted by atomic mass is 35.5. The molecule has 2 aromatic carbocycles. The number of likely N-dealkylation sites (N-methyl/N-ethyl adjacent to an activating group) is 1. The molecule has 28 heavy (non-hydrogen) atoms. The number of halogens is 1. The third-order valence-electron chi connectivity index (χ3n) is 6.11. The Kier molecular flexibility index (Phi) is 8.55. The molecule has 150 valence electrons. The Bertz CT molecular complexity index is 748. The molecular formula is C25H33ClN2. The smallest absolute Gasteiger partial charge is 0.0845 e. The molecule has 0 N–H and O–H groups in total. The molecule has 0 fully saturated rings. The Balaban J connectivity index is 2.07. The first-order valence-corrected chi connectivity index (χ1v) is 10.7. The van der Waals surface area contributed by atoms with Gasteiger partial charge in [-0.15, -0.1) is 0 Å². The Hall–Kier alpha value is -1.82. The molecule has 0 spiro atoms. The Morgan fingerprint density at radius 1 is 1.07 bits per heavy atom. The zero-order chi connectivity index (χ0) is 20.6. The van der Waals surface area contributed by atoms with Gasteiger partial charge in [0.2, 0.25) is 0 Å². The van der Waals surface area contributed by atoms with Crippen LogP contribution in [0.1, 0.15) is 51.2 Å². The maximum Gasteiger partial charge on any atom is 0.0845 e. The predicted octanol–water partition coefficient (Wildman–Crippen LogP) is 6.49. The number of nitriles is 1. The van der Waals surface area contributed by atoms with E-state index in [1.165, 1.54) is 5.56 Å². The summed E-state index contributed by atoms with van der Waals surface area (Å²) in [6, 6.07) is 21.6. The maximum absolute atomic E-state index is 10.1. The molecule has 0 aliphatic rings. The van der Waals surface area contributed by atoms with E-state index in [1.54, 1.807) is 0 Å². The average molecular weight is 397 g/mol. The predicted molar refractivity (Wildman–Crippen MR) is 120 cm³/mol. The van der Waals surface area contributed by atoms with Gasteiger partial charge in [0.25, 0.3) is 0 Å². The zero-order valence-corrected chi connectivity index (χ0v) is 18.4. The third-order valence-corrected chi connectivity index (χ3v) is 6.36. The van der Waals surface area contributed by atoms with E-state index in [-0.39, 0.29) is 5.92 Å². The van der Waals surface area contributed by atoms with Gasteiger partial charge in [-0.25, -0.2) is 0 Å². The average Bonchev–Trinajstić information content (AvgIpc) is 2.71. The van der Waals surface area contributed by atoms with Crippen molar-refractivity contribution in [2.24, 2.45) is 5.92 Å². The topological polar surface area (TPSA) is 27.0 Å². The van der Waals surface area contributed by atoms with Gasteiger partial charge in [0.15, 0.2) is 0 Å². The SMILES string of the molecule is CCC(CCC(C#N)(c1ccc(Cl)cc1)C(C)C)N(C)CCc1ccccc1. The van der Waals surface area contributed by atoms with Crippen LogP contribution >= 0.6 is 11.6 Å². The summed E-state index contributed by atoms with van der Waals surface area (Å²) < 4.78 is 0. The van der Waals surface area contributed by atoms with Crippen LogP contribution in [0.5, 0.6) is 0 Å². The number of rotatable bonds is 10. The van der Waals surface area contributed by atoms with Crippen LogP contribution in [0.25, 0.3) is 0 Å². The summed E-state index contributed by atoms with van der Waals surface area (Å²) in [6.45, 7) is 7.58. The Labute approximate surface area is 176 Å². The number of benzene rings is 2. The van der Waals surface area contributed by atoms with Crippen molar-refractivity contribution in [3.05, 3.63) is 70.7 Å². The molecule has 0 saturated heterocycles. The fourth-order valence-electron chi connectivity index (χ4n) is 4.03. The van der Waals surface area contributed by atoms with E-state index < -0.39 is 5.41 Å². The first-order chi connectivity index (χ1) is 13.4. The summed E-state index contributed by atoms with van der Waals surface area (Å²) in [5, 5.41) is 10.9. The molecule has 2 rings (SSSR count). The maximum atomic E-state index is 10.1. The Morgan fingerprint density at radius 3 is 2.25 bits per heavy atom. The van der Waals surface area contributed by atoms with Crippen molar-refractivity contribution in [3.63, 3.8) is 0 Å². The molecule has 0 amide bonds. The number of hydrogen-bond acceptors (Lipinski definition) is 2. The van der Waals surface area contributed by atoms with E-state index in [2.05, 4.69) is 69.1 Å². The van der Waals surface area contributed by atoms with Gasteiger partial charge in [-0.2, -0.15) is 5.26 Å². The summed E-state index contributed by atoms with van der Waals surface area (Å²) in [5.74, 6) is 0.241. The van der Waals surface area contributed by atoms with Crippen molar-refractivity contribution < 1.29 is 0 Å². The van der Waals surface area contributed by atoms with E-state index in [0.29, 0.717) is 11.1 Å². The fourth-order valence-corrected chi connectivity index (χ4v) is 4.15. The van der Waals surface area contributed by atoms with E-state index in [9.17, 15) is 5.26 Å². The number of nitrogens with zero attached hydrogens (tertiary/aromatic N) is 2. The summed E-state index contributed by atoms with van der Waals surface area (Å²) in [4.78, 5) is 2.46. The quantitative estimate of drug-likeness (QED) is 0.458. The second-order valence-electron chi connectivity index (χ2n) is 8.06. The standard InChI is InChI=1S/C25H33ClN2/c1-5-24(28(4)18-16-21-9-7-6-8-10-21)15-17-25(19-27,20(2)3)22-11-13-23(26)14-12-22/h6-14,20,24H,5,15-18H2,1-4H3. The first kappa shape index (κ1) is 22.5. The minimum absolute atomic E-state index is 0.241. The lowest BCUT2D eigenvalue weighted by Gasteiger charge is -2.35. The lowest BCUT2D eigenvalue weighted by molar-refractivity contribution is 0.206. The molecule has 0 saturated carbocycles. The lowest BCUT2D eigenvalue weighted by atomic mass is 9.69. The summed E-state index contributed by atoms with van der Waals surface area (Å²) in [5.41, 5.74) is 1.98. The minimum atomic E-state index is -0.474. The molecule has 3 heteroatoms. The molecule has 0 aliphatic heterocycles. The minimum Gasteiger partial charge on any atom is -0.303 e. The number of hydrogen-bond donors (Lipinski definition) is 0. The van der Waals surface area contributed by atoms with Crippen LogP contribution in [-0.2, 0) is 11.8 Å². The van der Waals surface area contributed by atoms with Crippen LogP contribution in [0.2, 0.25) is 5.02 Å². The Morgan fingerprint density at radius 2 is 1.71 bits per heavy atom. The fraction of sp³-hybridized carbons (Fsp3) is 0.480. The van der Waals surface area contributed by atoms with Gasteiger partial charge >= 0.3 is 0 Å². The highest BCUT2D eigenvalue weighted by Crippen LogP contribution is 2.38. The van der Waals surface area contributed by atoms with Gasteiger partial charge in [0, 0.05) is 17.6 Å². The lowest BCUT2D eigenvalue weighted by Crippen LogP contribution is -2.37. The van der Waals surface area contributed by atoms with Crippen molar-refractivity contribution in [2.45, 2.75) is 57.9 Å². The van der Waals surface area contributed by atoms with Crippen molar-refractivity contribution in [1.29, 1.82) is 5.26 Å².